The quantitative estimate of drug-likeness (QED) is 0.829. The molecule has 3 nitrogen and oxygen atoms in total. The van der Waals surface area contributed by atoms with Gasteiger partial charge in [0.15, 0.2) is 0 Å². The minimum Gasteiger partial charge on any atom is -0.322 e. The van der Waals surface area contributed by atoms with E-state index >= 15 is 0 Å². The van der Waals surface area contributed by atoms with Gasteiger partial charge in [-0.25, -0.2) is 0 Å². The van der Waals surface area contributed by atoms with Crippen LogP contribution in [0.25, 0.3) is 0 Å². The smallest absolute Gasteiger partial charge is 0.255 e. The van der Waals surface area contributed by atoms with Gasteiger partial charge in [-0.3, -0.25) is 9.69 Å². The summed E-state index contributed by atoms with van der Waals surface area (Å²) >= 11 is 6.07. The molecule has 0 unspecified atom stereocenters. The Labute approximate surface area is 143 Å². The van der Waals surface area contributed by atoms with Crippen molar-refractivity contribution in [1.82, 2.24) is 4.90 Å². The van der Waals surface area contributed by atoms with Crippen LogP contribution >= 0.6 is 11.6 Å². The van der Waals surface area contributed by atoms with Gasteiger partial charge in [0, 0.05) is 22.8 Å². The molecule has 0 spiro atoms. The van der Waals surface area contributed by atoms with E-state index < -0.39 is 0 Å². The molecule has 0 atom stereocenters. The average molecular weight is 331 g/mol. The maximum Gasteiger partial charge on any atom is 0.255 e. The summed E-state index contributed by atoms with van der Waals surface area (Å²) in [6, 6.07) is 13.3. The Balaban J connectivity index is 2.02. The highest BCUT2D eigenvalue weighted by atomic mass is 35.5. The molecule has 2 aromatic carbocycles. The maximum absolute atomic E-state index is 12.3. The van der Waals surface area contributed by atoms with Crippen molar-refractivity contribution in [3.63, 3.8) is 0 Å². The Morgan fingerprint density at radius 1 is 1.09 bits per heavy atom. The van der Waals surface area contributed by atoms with Crippen molar-refractivity contribution in [1.29, 1.82) is 0 Å². The van der Waals surface area contributed by atoms with Crippen molar-refractivity contribution in [2.75, 3.05) is 18.4 Å². The van der Waals surface area contributed by atoms with Crippen LogP contribution in [0, 0.1) is 6.92 Å². The number of nitrogens with one attached hydrogen (secondary N) is 1. The van der Waals surface area contributed by atoms with Crippen LogP contribution in [0.15, 0.2) is 42.5 Å². The van der Waals surface area contributed by atoms with Crippen molar-refractivity contribution in [2.45, 2.75) is 27.3 Å². The molecule has 122 valence electrons. The molecule has 2 aromatic rings. The first-order valence-electron chi connectivity index (χ1n) is 7.92. The predicted octanol–water partition coefficient (Wildman–Crippen LogP) is 4.74. The second-order valence-corrected chi connectivity index (χ2v) is 5.98. The lowest BCUT2D eigenvalue weighted by Gasteiger charge is -2.18. The molecule has 1 N–H and O–H groups in total. The van der Waals surface area contributed by atoms with Crippen LogP contribution in [-0.4, -0.2) is 23.9 Å². The van der Waals surface area contributed by atoms with Crippen LogP contribution in [-0.2, 0) is 6.54 Å². The third-order valence-electron chi connectivity index (χ3n) is 3.95. The van der Waals surface area contributed by atoms with Crippen LogP contribution < -0.4 is 5.32 Å². The number of hydrogen-bond donors (Lipinski definition) is 1. The molecule has 0 fully saturated rings. The summed E-state index contributed by atoms with van der Waals surface area (Å²) in [7, 11) is 0. The van der Waals surface area contributed by atoms with Gasteiger partial charge >= 0.3 is 0 Å². The van der Waals surface area contributed by atoms with E-state index in [-0.39, 0.29) is 5.91 Å². The Morgan fingerprint density at radius 2 is 1.74 bits per heavy atom. The Hall–Kier alpha value is -1.84. The molecule has 0 aliphatic heterocycles. The number of benzene rings is 2. The van der Waals surface area contributed by atoms with E-state index in [1.165, 1.54) is 5.56 Å². The molecule has 0 saturated heterocycles. The molecular weight excluding hydrogens is 308 g/mol. The van der Waals surface area contributed by atoms with Gasteiger partial charge in [-0.05, 0) is 55.4 Å². The van der Waals surface area contributed by atoms with Crippen LogP contribution in [0.1, 0.15) is 35.3 Å². The molecular formula is C19H23ClN2O. The first-order chi connectivity index (χ1) is 11.0. The summed E-state index contributed by atoms with van der Waals surface area (Å²) in [5.41, 5.74) is 3.55. The molecule has 0 saturated carbocycles. The molecule has 0 heterocycles. The van der Waals surface area contributed by atoms with Crippen molar-refractivity contribution >= 4 is 23.2 Å². The van der Waals surface area contributed by atoms with Crippen molar-refractivity contribution in [3.05, 3.63) is 64.2 Å². The van der Waals surface area contributed by atoms with Crippen LogP contribution in [0.2, 0.25) is 5.02 Å². The fourth-order valence-corrected chi connectivity index (χ4v) is 2.52. The molecule has 0 radical (unpaired) electrons. The Bertz CT molecular complexity index is 664. The normalized spacial score (nSPS) is 10.8. The molecule has 0 aliphatic rings. The van der Waals surface area contributed by atoms with Gasteiger partial charge in [0.25, 0.3) is 5.91 Å². The second kappa shape index (κ2) is 8.14. The van der Waals surface area contributed by atoms with Gasteiger partial charge in [0.05, 0.1) is 0 Å². The Morgan fingerprint density at radius 3 is 2.30 bits per heavy atom. The number of amides is 1. The summed E-state index contributed by atoms with van der Waals surface area (Å²) in [6.45, 7) is 9.22. The fraction of sp³-hybridized carbons (Fsp3) is 0.316. The highest BCUT2D eigenvalue weighted by Gasteiger charge is 2.08. The zero-order chi connectivity index (χ0) is 16.8. The molecule has 4 heteroatoms. The molecule has 1 amide bonds. The number of nitrogens with zero attached hydrogens (tertiary/aromatic N) is 1. The van der Waals surface area contributed by atoms with Gasteiger partial charge in [0.1, 0.15) is 0 Å². The van der Waals surface area contributed by atoms with E-state index in [1.54, 1.807) is 12.1 Å². The lowest BCUT2D eigenvalue weighted by Crippen LogP contribution is -2.22. The van der Waals surface area contributed by atoms with Gasteiger partial charge in [-0.2, -0.15) is 0 Å². The average Bonchev–Trinajstić information content (AvgIpc) is 2.56. The minimum absolute atomic E-state index is 0.150. The number of halogens is 1. The summed E-state index contributed by atoms with van der Waals surface area (Å²) in [6.07, 6.45) is 0. The summed E-state index contributed by atoms with van der Waals surface area (Å²) in [5.74, 6) is -0.150. The summed E-state index contributed by atoms with van der Waals surface area (Å²) < 4.78 is 0. The van der Waals surface area contributed by atoms with E-state index in [2.05, 4.69) is 36.2 Å². The third kappa shape index (κ3) is 4.81. The lowest BCUT2D eigenvalue weighted by molar-refractivity contribution is 0.102. The SMILES string of the molecule is CCN(CC)Cc1ccc(NC(=O)c2ccc(C)c(Cl)c2)cc1. The monoisotopic (exact) mass is 330 g/mol. The zero-order valence-corrected chi connectivity index (χ0v) is 14.7. The lowest BCUT2D eigenvalue weighted by atomic mass is 10.1. The minimum atomic E-state index is -0.150. The second-order valence-electron chi connectivity index (χ2n) is 5.58. The molecule has 2 rings (SSSR count). The van der Waals surface area contributed by atoms with Gasteiger partial charge in [-0.15, -0.1) is 0 Å². The number of rotatable bonds is 6. The molecule has 0 aromatic heterocycles. The van der Waals surface area contributed by atoms with E-state index in [9.17, 15) is 4.79 Å². The van der Waals surface area contributed by atoms with Crippen molar-refractivity contribution in [2.24, 2.45) is 0 Å². The standard InChI is InChI=1S/C19H23ClN2O/c1-4-22(5-2)13-15-7-10-17(11-8-15)21-19(23)16-9-6-14(3)18(20)12-16/h6-12H,4-5,13H2,1-3H3,(H,21,23). The largest absolute Gasteiger partial charge is 0.322 e. The topological polar surface area (TPSA) is 32.3 Å². The fourth-order valence-electron chi connectivity index (χ4n) is 2.34. The van der Waals surface area contributed by atoms with E-state index in [4.69, 9.17) is 11.6 Å². The predicted molar refractivity (Wildman–Crippen MR) is 97.2 cm³/mol. The van der Waals surface area contributed by atoms with Gasteiger partial charge in [-0.1, -0.05) is 43.6 Å². The summed E-state index contributed by atoms with van der Waals surface area (Å²) in [4.78, 5) is 14.6. The van der Waals surface area contributed by atoms with E-state index in [1.807, 2.05) is 25.1 Å². The van der Waals surface area contributed by atoms with Crippen molar-refractivity contribution < 1.29 is 4.79 Å². The zero-order valence-electron chi connectivity index (χ0n) is 13.9. The highest BCUT2D eigenvalue weighted by Crippen LogP contribution is 2.18. The van der Waals surface area contributed by atoms with Crippen LogP contribution in [0.4, 0.5) is 5.69 Å². The van der Waals surface area contributed by atoms with Gasteiger partial charge < -0.3 is 5.32 Å². The first kappa shape index (κ1) is 17.5. The summed E-state index contributed by atoms with van der Waals surface area (Å²) in [5, 5.41) is 3.51. The number of anilines is 1. The molecule has 23 heavy (non-hydrogen) atoms. The number of aryl methyl sites for hydroxylation is 1. The molecule has 0 aliphatic carbocycles. The maximum atomic E-state index is 12.3. The van der Waals surface area contributed by atoms with Crippen molar-refractivity contribution in [3.8, 4) is 0 Å². The number of carbonyl (C=O) groups is 1. The van der Waals surface area contributed by atoms with Crippen LogP contribution in [0.3, 0.4) is 0 Å². The number of carbonyl (C=O) groups excluding carboxylic acids is 1. The highest BCUT2D eigenvalue weighted by molar-refractivity contribution is 6.31. The third-order valence-corrected chi connectivity index (χ3v) is 4.35. The van der Waals surface area contributed by atoms with Crippen LogP contribution in [0.5, 0.6) is 0 Å². The Kier molecular flexibility index (Phi) is 6.20. The number of hydrogen-bond acceptors (Lipinski definition) is 2. The first-order valence-corrected chi connectivity index (χ1v) is 8.30. The van der Waals surface area contributed by atoms with Gasteiger partial charge in [0.2, 0.25) is 0 Å². The van der Waals surface area contributed by atoms with E-state index in [0.29, 0.717) is 10.6 Å². The van der Waals surface area contributed by atoms with E-state index in [0.717, 1.165) is 30.9 Å². The molecule has 0 bridgehead atoms.